The van der Waals surface area contributed by atoms with E-state index in [0.29, 0.717) is 0 Å². The van der Waals surface area contributed by atoms with Crippen molar-refractivity contribution in [2.45, 2.75) is 0 Å². The van der Waals surface area contributed by atoms with Gasteiger partial charge in [0.05, 0.1) is 0 Å². The molecule has 0 unspecified atom stereocenters. The molecule has 0 spiro atoms. The van der Waals surface area contributed by atoms with Crippen molar-refractivity contribution in [2.24, 2.45) is 0 Å². The fraction of sp³-hybridized carbons (Fsp3) is 0. The van der Waals surface area contributed by atoms with Crippen LogP contribution in [0.5, 0.6) is 0 Å². The van der Waals surface area contributed by atoms with E-state index in [9.17, 15) is 0 Å². The van der Waals surface area contributed by atoms with Gasteiger partial charge < -0.3 is 62.0 Å². The van der Waals surface area contributed by atoms with Gasteiger partial charge in [-0.2, -0.15) is 0 Å². The quantitative estimate of drug-likeness (QED) is 0.301. The van der Waals surface area contributed by atoms with Gasteiger partial charge in [0.15, 0.2) is 0 Å². The number of hydrogen-bond donors (Lipinski definition) is 0. The summed E-state index contributed by atoms with van der Waals surface area (Å²) in [6.07, 6.45) is 0. The third-order valence-electron chi connectivity index (χ3n) is 0. The summed E-state index contributed by atoms with van der Waals surface area (Å²) in [5, 5.41) is 0. The van der Waals surface area contributed by atoms with Gasteiger partial charge in [-0.3, -0.25) is 0 Å². The van der Waals surface area contributed by atoms with Crippen LogP contribution in [0, 0.1) is 5.46 Å². The topological polar surface area (TPSA) is 43.7 Å². The van der Waals surface area contributed by atoms with Crippen LogP contribution in [0.15, 0.2) is 0 Å². The number of rotatable bonds is 0. The summed E-state index contributed by atoms with van der Waals surface area (Å²) in [5.41, 5.74) is 5.75. The molecule has 0 heterocycles. The summed E-state index contributed by atoms with van der Waals surface area (Å²) in [4.78, 5) is 0. The van der Waals surface area contributed by atoms with Crippen molar-refractivity contribution in [3.05, 3.63) is 0 Å². The van der Waals surface area contributed by atoms with Gasteiger partial charge in [-0.25, -0.2) is 0 Å². The Kier molecular flexibility index (Phi) is 769. The number of nitrogens with zero attached hydrogens (tertiary/aromatic N) is 1. The Bertz CT molecular complexity index is 24.4. The minimum atomic E-state index is 0. The van der Waals surface area contributed by atoms with E-state index >= 15 is 0 Å². The summed E-state index contributed by atoms with van der Waals surface area (Å²) in [7, 11) is 0. The van der Waals surface area contributed by atoms with Crippen molar-refractivity contribution >= 4 is 0 Å². The average Bonchev–Trinajstić information content (AvgIpc) is 1.00. The molecule has 0 aliphatic heterocycles. The third-order valence-corrected chi connectivity index (χ3v) is 0. The second-order valence-electron chi connectivity index (χ2n) is 0. The van der Waals surface area contributed by atoms with Crippen LogP contribution >= 0.6 is 0 Å². The molecule has 10 heavy (non-hydrogen) atoms. The van der Waals surface area contributed by atoms with Crippen molar-refractivity contribution in [3.8, 4) is 0 Å². The Morgan fingerprint density at radius 3 is 0.600 bits per heavy atom. The van der Waals surface area contributed by atoms with E-state index in [4.69, 9.17) is 10.2 Å². The van der Waals surface area contributed by atoms with Crippen molar-refractivity contribution < 1.29 is 189 Å². The van der Waals surface area contributed by atoms with Crippen molar-refractivity contribution in [1.29, 1.82) is 5.46 Å². The number of halogens is 5. The molecule has 0 rings (SSSR count). The molecule has 2 nitrogen and oxygen atoms in total. The van der Waals surface area contributed by atoms with Crippen LogP contribution < -0.4 is 165 Å². The fourth-order valence-electron chi connectivity index (χ4n) is 0. The van der Waals surface area contributed by atoms with E-state index in [1.54, 1.807) is 0 Å². The molecule has 0 radical (unpaired) electrons. The van der Waals surface area contributed by atoms with Crippen LogP contribution in [-0.2, 0) is 24.3 Å². The van der Waals surface area contributed by atoms with Gasteiger partial charge >= 0.3 is 132 Å². The summed E-state index contributed by atoms with van der Waals surface area (Å²) >= 11 is 0. The molecule has 0 bridgehead atoms. The Hall–Kier alpha value is 5.02. The molecule has 0 amide bonds. The van der Waals surface area contributed by atoms with E-state index in [1.807, 2.05) is 0 Å². The zero-order chi connectivity index (χ0) is 2.00. The van der Waals surface area contributed by atoms with Gasteiger partial charge in [0, 0.05) is 0 Å². The van der Waals surface area contributed by atoms with Gasteiger partial charge in [-0.15, -0.1) is 0 Å². The first-order valence-electron chi connectivity index (χ1n) is 0.183. The molecule has 0 aromatic rings. The molecular formula is Cl5K2NORu. The minimum absolute atomic E-state index is 0. The van der Waals surface area contributed by atoms with Crippen LogP contribution in [-0.4, -0.2) is 0 Å². The van der Waals surface area contributed by atoms with E-state index in [0.717, 1.165) is 0 Å². The van der Waals surface area contributed by atoms with Crippen LogP contribution in [0.4, 0.5) is 0 Å². The van der Waals surface area contributed by atoms with Crippen LogP contribution in [0.1, 0.15) is 0 Å². The first-order chi connectivity index (χ1) is 1.00. The SMILES string of the molecule is N#[O+].[Cl-].[Cl-].[Cl-].[Cl-].[Cl-].[K+].[K+].[Ru+2]. The monoisotopic (exact) mass is 385 g/mol. The van der Waals surface area contributed by atoms with E-state index < -0.39 is 0 Å². The molecule has 0 aliphatic carbocycles. The van der Waals surface area contributed by atoms with E-state index in [-0.39, 0.29) is 184 Å². The van der Waals surface area contributed by atoms with Gasteiger partial charge in [0.2, 0.25) is 0 Å². The maximum atomic E-state index is 7.25. The van der Waals surface area contributed by atoms with Gasteiger partial charge in [-0.05, 0) is 0 Å². The predicted octanol–water partition coefficient (Wildman–Crippen LogP) is -21.1. The molecule has 56 valence electrons. The first kappa shape index (κ1) is 81.5. The fourth-order valence-corrected chi connectivity index (χ4v) is 0. The van der Waals surface area contributed by atoms with Crippen LogP contribution in [0.2, 0.25) is 0 Å². The molecular weight excluding hydrogens is 387 g/mol. The molecule has 0 aromatic carbocycles. The van der Waals surface area contributed by atoms with Crippen molar-refractivity contribution in [1.82, 2.24) is 0 Å². The predicted molar refractivity (Wildman–Crippen MR) is 2.41 cm³/mol. The van der Waals surface area contributed by atoms with Crippen molar-refractivity contribution in [2.75, 3.05) is 0 Å². The Labute approximate surface area is 189 Å². The second-order valence-corrected chi connectivity index (χ2v) is 0. The average molecular weight is 387 g/mol. The summed E-state index contributed by atoms with van der Waals surface area (Å²) in [6, 6.07) is 0. The summed E-state index contributed by atoms with van der Waals surface area (Å²) in [5.74, 6) is 0. The molecule has 0 fully saturated rings. The number of hydrogen-bond acceptors (Lipinski definition) is 1. The smallest absolute Gasteiger partial charge is 1.00 e. The summed E-state index contributed by atoms with van der Waals surface area (Å²) < 4.78 is 7.25. The molecule has 0 aliphatic rings. The maximum Gasteiger partial charge on any atom is 2.00 e. The maximum absolute atomic E-state index is 7.25. The van der Waals surface area contributed by atoms with E-state index in [1.165, 1.54) is 0 Å². The standard InChI is InChI=1S/5ClH.2K.NO.Ru/c;;;;;;;1-2;/h5*1H;;;;/q;;;;;3*+1;+2/p-5. The summed E-state index contributed by atoms with van der Waals surface area (Å²) in [6.45, 7) is 0. The first-order valence-corrected chi connectivity index (χ1v) is 0.183. The zero-order valence-corrected chi connectivity index (χ0v) is 16.9. The minimum Gasteiger partial charge on any atom is -1.00 e. The zero-order valence-electron chi connectivity index (χ0n) is 5.10. The molecule has 0 saturated carbocycles. The second kappa shape index (κ2) is 94.4. The Morgan fingerprint density at radius 1 is 0.600 bits per heavy atom. The van der Waals surface area contributed by atoms with Crippen molar-refractivity contribution in [3.63, 3.8) is 0 Å². The molecule has 0 aromatic heterocycles. The largest absolute Gasteiger partial charge is 2.00 e. The third kappa shape index (κ3) is 74.7. The molecule has 10 heteroatoms. The Morgan fingerprint density at radius 2 is 0.600 bits per heavy atom. The Balaban J connectivity index is -0.000000000179. The molecule has 0 saturated heterocycles. The normalized spacial score (nSPS) is 0.200. The van der Waals surface area contributed by atoms with Gasteiger partial charge in [0.25, 0.3) is 0 Å². The van der Waals surface area contributed by atoms with Gasteiger partial charge in [-0.1, -0.05) is 0 Å². The van der Waals surface area contributed by atoms with Crippen LogP contribution in [0.25, 0.3) is 0 Å². The van der Waals surface area contributed by atoms with Crippen LogP contribution in [0.3, 0.4) is 0 Å². The van der Waals surface area contributed by atoms with E-state index in [2.05, 4.69) is 0 Å². The molecule has 0 atom stereocenters. The van der Waals surface area contributed by atoms with Gasteiger partial charge in [0.1, 0.15) is 0 Å². The molecule has 0 N–H and O–H groups in total.